The number of ether oxygens (including phenoxy) is 6. The zero-order chi connectivity index (χ0) is 93.2. The van der Waals surface area contributed by atoms with Crippen molar-refractivity contribution in [2.24, 2.45) is 35.5 Å². The number of sulfonamides is 1. The highest BCUT2D eigenvalue weighted by Gasteiger charge is 2.53. The van der Waals surface area contributed by atoms with Crippen LogP contribution in [0, 0.1) is 35.5 Å². The van der Waals surface area contributed by atoms with Crippen LogP contribution in [0.2, 0.25) is 0 Å². The van der Waals surface area contributed by atoms with E-state index in [2.05, 4.69) is 40.9 Å². The molecule has 0 radical (unpaired) electrons. The number of allylic oxidation sites excluding steroid dienone is 6. The third-order valence-corrected chi connectivity index (χ3v) is 27.9. The van der Waals surface area contributed by atoms with Crippen LogP contribution in [0.4, 0.5) is 17.8 Å². The number of esters is 1. The van der Waals surface area contributed by atoms with Gasteiger partial charge in [-0.15, -0.1) is 10.2 Å². The van der Waals surface area contributed by atoms with Gasteiger partial charge in [0.1, 0.15) is 53.5 Å². The van der Waals surface area contributed by atoms with Gasteiger partial charge in [0.15, 0.2) is 17.0 Å². The molecule has 6 aromatic heterocycles. The predicted molar refractivity (Wildman–Crippen MR) is 487 cm³/mol. The Kier molecular flexibility index (Phi) is 33.6. The van der Waals surface area contributed by atoms with E-state index in [4.69, 9.17) is 59.4 Å². The number of unbranched alkanes of at least 4 members (excludes halogenated alkanes) is 1. The molecule has 706 valence electrons. The summed E-state index contributed by atoms with van der Waals surface area (Å²) in [5.41, 5.74) is 20.0. The second-order valence-corrected chi connectivity index (χ2v) is 37.6. The number of ketones is 3. The van der Waals surface area contributed by atoms with Crippen LogP contribution < -0.4 is 21.7 Å². The molecule has 38 heteroatoms. The van der Waals surface area contributed by atoms with Crippen LogP contribution in [-0.4, -0.2) is 267 Å². The zero-order valence-electron chi connectivity index (χ0n) is 76.2. The molecule has 8 aromatic rings. The molecule has 2 amide bonds. The van der Waals surface area contributed by atoms with E-state index in [9.17, 15) is 52.5 Å². The highest BCUT2D eigenvalue weighted by molar-refractivity contribution is 7.89. The van der Waals surface area contributed by atoms with Crippen molar-refractivity contribution < 1.29 is 85.3 Å². The average Bonchev–Trinajstić information content (AvgIpc) is 1.66. The Hall–Kier alpha value is -10.8. The van der Waals surface area contributed by atoms with Crippen molar-refractivity contribution in [3.8, 4) is 33.6 Å². The summed E-state index contributed by atoms with van der Waals surface area (Å²) in [4.78, 5) is 111. The van der Waals surface area contributed by atoms with Gasteiger partial charge in [-0.3, -0.25) is 24.0 Å². The van der Waals surface area contributed by atoms with Crippen LogP contribution >= 0.6 is 0 Å². The lowest BCUT2D eigenvalue weighted by atomic mass is 9.77. The van der Waals surface area contributed by atoms with E-state index in [1.54, 1.807) is 82.1 Å². The van der Waals surface area contributed by atoms with E-state index >= 15 is 0 Å². The Morgan fingerprint density at radius 1 is 0.779 bits per heavy atom. The van der Waals surface area contributed by atoms with Crippen LogP contribution in [-0.2, 0) is 86.7 Å². The van der Waals surface area contributed by atoms with E-state index in [1.165, 1.54) is 21.6 Å². The predicted octanol–water partition coefficient (Wildman–Crippen LogP) is 8.54. The number of piperazine rings is 1. The summed E-state index contributed by atoms with van der Waals surface area (Å²) in [6, 6.07) is 12.0. The first-order valence-electron chi connectivity index (χ1n) is 45.6. The van der Waals surface area contributed by atoms with Gasteiger partial charge in [0, 0.05) is 139 Å². The second-order valence-electron chi connectivity index (χ2n) is 35.5. The lowest BCUT2D eigenvalue weighted by Gasteiger charge is -2.42. The molecule has 15 atom stereocenters. The molecule has 0 spiro atoms. The largest absolute Gasteiger partial charge is 0.460 e. The highest BCUT2D eigenvalue weighted by atomic mass is 32.2. The number of anilines is 3. The fourth-order valence-electron chi connectivity index (χ4n) is 18.3. The van der Waals surface area contributed by atoms with E-state index in [0.717, 1.165) is 33.5 Å². The smallest absolute Gasteiger partial charge is 0.329 e. The fourth-order valence-corrected chi connectivity index (χ4v) is 19.7. The number of nitrogen functional groups attached to an aromatic ring is 2. The fraction of sp³-hybridized carbons (Fsp3) is 0.570. The first-order valence-corrected chi connectivity index (χ1v) is 47.2. The quantitative estimate of drug-likeness (QED) is 0.0116. The van der Waals surface area contributed by atoms with E-state index in [0.29, 0.717) is 168 Å². The normalized spacial score (nSPS) is 27.0. The summed E-state index contributed by atoms with van der Waals surface area (Å²) >= 11 is 0. The number of nitrogens with one attached hydrogen (secondary N) is 1. The number of nitrogens with zero attached hydrogens (tertiary/aromatic N) is 16. The summed E-state index contributed by atoms with van der Waals surface area (Å²) in [7, 11) is -0.437. The van der Waals surface area contributed by atoms with Crippen LogP contribution in [0.1, 0.15) is 157 Å². The Bertz CT molecular complexity index is 5510. The van der Waals surface area contributed by atoms with Crippen LogP contribution in [0.3, 0.4) is 0 Å². The minimum atomic E-state index is -3.65. The van der Waals surface area contributed by atoms with Crippen LogP contribution in [0.5, 0.6) is 0 Å². The van der Waals surface area contributed by atoms with Gasteiger partial charge in [-0.1, -0.05) is 99.7 Å². The number of fused-ring (bicyclic) bond motifs is 5. The van der Waals surface area contributed by atoms with Crippen molar-refractivity contribution in [3.63, 3.8) is 0 Å². The molecule has 3 saturated heterocycles. The molecular formula is C93H125N19O18S. The van der Waals surface area contributed by atoms with Gasteiger partial charge in [-0.05, 0) is 150 Å². The average molecular weight is 1830 g/mol. The number of cyclic esters (lactones) is 1. The SMILES string of the molecule is CO[C@@H]1C[C@H]2CC[C@H](C)[C@](O)(O2)C(=O)C(=O)N2CCCC[C@H]2C(=O)O[C@H]([C@H](C)C[C@@H]2CC[C@H](n3nncc3-c3cccc(-c4cnc(N5CCN(S(=O)(=O)CCc6cn(CCOCCOCCC(=O)NCCCCn7nc(-c8ccc9oc(N)nc9c8)c8c(N)ncnc87)nn6)CC5)nc4)c3)[C@H](OC)C2)CC(=O)[C@H](C)/C=C(/C)[C@H](O)[C@@H](O)C(=O)[C@H](C)C[C@H](C)\C=C/C=C\C=C/1C. The summed E-state index contributed by atoms with van der Waals surface area (Å²) < 4.78 is 75.9. The molecule has 8 N–H and O–H groups in total. The monoisotopic (exact) mass is 1830 g/mol. The summed E-state index contributed by atoms with van der Waals surface area (Å²) in [5, 5.41) is 60.8. The van der Waals surface area contributed by atoms with Gasteiger partial charge in [-0.2, -0.15) is 14.4 Å². The maximum atomic E-state index is 14.9. The summed E-state index contributed by atoms with van der Waals surface area (Å²) in [6.45, 7) is 16.1. The van der Waals surface area contributed by atoms with E-state index in [-0.39, 0.29) is 111 Å². The van der Waals surface area contributed by atoms with Crippen LogP contribution in [0.15, 0.2) is 126 Å². The Morgan fingerprint density at radius 3 is 2.34 bits per heavy atom. The molecule has 13 rings (SSSR count). The minimum absolute atomic E-state index is 0.00224. The molecule has 1 saturated carbocycles. The van der Waals surface area contributed by atoms with Gasteiger partial charge in [0.2, 0.25) is 27.7 Å². The number of Topliss-reactive ketones (excluding diaryl/α,β-unsaturated/α-hetero) is 3. The first kappa shape index (κ1) is 97.7. The van der Waals surface area contributed by atoms with Crippen molar-refractivity contribution in [3.05, 3.63) is 127 Å². The number of piperidine rings is 1. The number of aliphatic hydroxyl groups is 3. The third kappa shape index (κ3) is 24.6. The van der Waals surface area contributed by atoms with Gasteiger partial charge in [-0.25, -0.2) is 47.2 Å². The molecule has 2 bridgehead atoms. The molecule has 5 aliphatic rings. The number of aromatic nitrogens is 13. The number of hydrogen-bond donors (Lipinski definition) is 6. The minimum Gasteiger partial charge on any atom is -0.460 e. The second kappa shape index (κ2) is 45.1. The van der Waals surface area contributed by atoms with Crippen molar-refractivity contribution >= 4 is 85.1 Å². The number of carbonyl (C=O) groups is 6. The van der Waals surface area contributed by atoms with Gasteiger partial charge >= 0.3 is 5.97 Å². The number of aliphatic hydroxyl groups excluding tert-OH is 2. The summed E-state index contributed by atoms with van der Waals surface area (Å²) in [6.07, 6.45) is 19.9. The number of nitrogens with two attached hydrogens (primary N) is 2. The number of carbonyl (C=O) groups excluding carboxylic acids is 6. The Labute approximate surface area is 762 Å². The molecule has 131 heavy (non-hydrogen) atoms. The van der Waals surface area contributed by atoms with Crippen LogP contribution in [0.25, 0.3) is 55.8 Å². The van der Waals surface area contributed by atoms with Gasteiger partial charge in [0.25, 0.3) is 17.7 Å². The number of methoxy groups -OCH3 is 2. The van der Waals surface area contributed by atoms with Crippen molar-refractivity contribution in [2.45, 2.75) is 219 Å². The lowest BCUT2D eigenvalue weighted by Crippen LogP contribution is -2.61. The Morgan fingerprint density at radius 2 is 1.56 bits per heavy atom. The topological polar surface area (TPSA) is 483 Å². The number of hydrogen-bond acceptors (Lipinski definition) is 31. The van der Waals surface area contributed by atoms with Gasteiger partial charge < -0.3 is 74.7 Å². The molecule has 4 fully saturated rings. The van der Waals surface area contributed by atoms with Crippen molar-refractivity contribution in [1.29, 1.82) is 0 Å². The van der Waals surface area contributed by atoms with Crippen molar-refractivity contribution in [1.82, 2.24) is 79.2 Å². The van der Waals surface area contributed by atoms with E-state index in [1.807, 2.05) is 97.1 Å². The number of amides is 2. The maximum Gasteiger partial charge on any atom is 0.329 e. The standard InChI is InChI=1S/C93H125N19O18S/c1-57-18-11-10-12-19-58(2)77(124-8)50-70-26-23-63(7)93(121,130-70)86(118)89(119)110-32-15-13-22-73(110)90(120)128-78(51-75(113)59(3)45-62(6)84(116)85(117)83(115)61(5)44-57)60(4)46-64-24-27-72(79(47-64)125-9)112-74(54-101-105-112)66-21-17-20-65(48-66)68-52-97-92(98-53-68)107-34-36-109(37-35-107)131(122,123)43-30-69-55-108(106-103-69)38-40-127-42-41-126-39-29-80(114)96-31-14-16-33-111-88-81(87(94)99-56-100-88)82(104-111)67-25-28-76-71(49-67)102-91(95)129-76/h10-12,17-21,25,28,45,48-49,52-57,59-61,63-64,70,72-73,77-79,84-85,116-117,121H,13-16,22-24,26-27,29-44,46-47,50-51H2,1-9H3,(H2,95,102)(H,96,114)(H2,94,99,100)/b12-10-,18-11-,58-19-,62-45-/t57-,59-,60-,61-,63+,64+,70-,72+,73+,77-,78+,79-,84+,85+,93+/m1/s1. The number of aryl methyl sites for hydroxylation is 2. The molecule has 2 aromatic carbocycles. The molecule has 37 nitrogen and oxygen atoms in total. The number of benzene rings is 2. The lowest BCUT2D eigenvalue weighted by molar-refractivity contribution is -0.265. The first-order chi connectivity index (χ1) is 63.0. The zero-order valence-corrected chi connectivity index (χ0v) is 77.0. The number of rotatable bonds is 28. The maximum absolute atomic E-state index is 14.9. The Balaban J connectivity index is 0.558. The molecule has 0 unspecified atom stereocenters. The molecular weight excluding hydrogens is 1700 g/mol. The molecule has 1 aliphatic carbocycles. The third-order valence-electron chi connectivity index (χ3n) is 26.0. The number of oxazole rings is 1. The van der Waals surface area contributed by atoms with E-state index < -0.39 is 99.5 Å². The van der Waals surface area contributed by atoms with Gasteiger partial charge in [0.05, 0.1) is 86.0 Å². The molecule has 10 heterocycles. The molecule has 4 aliphatic heterocycles. The summed E-state index contributed by atoms with van der Waals surface area (Å²) in [5.74, 6) is -8.73. The highest BCUT2D eigenvalue weighted by Crippen LogP contribution is 2.43. The van der Waals surface area contributed by atoms with Crippen molar-refractivity contribution in [2.75, 3.05) is 102 Å².